The quantitative estimate of drug-likeness (QED) is 0.661. The molecule has 0 amide bonds. The lowest BCUT2D eigenvalue weighted by atomic mass is 10.3. The molecule has 92 valence electrons. The molecule has 0 aliphatic carbocycles. The van der Waals surface area contributed by atoms with Crippen LogP contribution in [0.4, 0.5) is 5.82 Å². The third kappa shape index (κ3) is 2.60. The van der Waals surface area contributed by atoms with E-state index in [1.807, 2.05) is 19.5 Å². The summed E-state index contributed by atoms with van der Waals surface area (Å²) in [5.41, 5.74) is 1.51. The second-order valence-electron chi connectivity index (χ2n) is 3.59. The molecule has 0 radical (unpaired) electrons. The Balaban J connectivity index is 2.17. The van der Waals surface area contributed by atoms with E-state index in [1.54, 1.807) is 10.9 Å². The Morgan fingerprint density at radius 2 is 2.33 bits per heavy atom. The second-order valence-corrected chi connectivity index (χ2v) is 4.39. The zero-order valence-corrected chi connectivity index (χ0v) is 10.9. The number of hydrogen-bond donors (Lipinski definition) is 1. The van der Waals surface area contributed by atoms with E-state index in [9.17, 15) is 0 Å². The van der Waals surface area contributed by atoms with Gasteiger partial charge in [-0.25, -0.2) is 9.97 Å². The molecule has 18 heavy (non-hydrogen) atoms. The Hall–Kier alpha value is -2.07. The number of nitrogens with zero attached hydrogens (tertiary/aromatic N) is 5. The fourth-order valence-corrected chi connectivity index (χ4v) is 2.01. The van der Waals surface area contributed by atoms with Gasteiger partial charge in [0.25, 0.3) is 0 Å². The average Bonchev–Trinajstić information content (AvgIpc) is 2.81. The zero-order valence-electron chi connectivity index (χ0n) is 10.1. The molecule has 0 saturated carbocycles. The normalized spacial score (nSPS) is 10.1. The van der Waals surface area contributed by atoms with Crippen molar-refractivity contribution >= 4 is 17.6 Å². The summed E-state index contributed by atoms with van der Waals surface area (Å²) in [6.07, 6.45) is 7.03. The molecule has 0 fully saturated rings. The van der Waals surface area contributed by atoms with Crippen molar-refractivity contribution < 1.29 is 0 Å². The number of aryl methyl sites for hydroxylation is 1. The fraction of sp³-hybridized carbons (Fsp3) is 0.273. The largest absolute Gasteiger partial charge is 0.365 e. The van der Waals surface area contributed by atoms with E-state index < -0.39 is 0 Å². The van der Waals surface area contributed by atoms with Crippen LogP contribution >= 0.6 is 11.8 Å². The topological polar surface area (TPSA) is 79.4 Å². The highest BCUT2D eigenvalue weighted by Crippen LogP contribution is 2.22. The number of aromatic nitrogens is 4. The summed E-state index contributed by atoms with van der Waals surface area (Å²) in [6.45, 7) is 0.577. The Labute approximate surface area is 109 Å². The monoisotopic (exact) mass is 260 g/mol. The van der Waals surface area contributed by atoms with Crippen LogP contribution in [0.1, 0.15) is 11.1 Å². The summed E-state index contributed by atoms with van der Waals surface area (Å²) in [4.78, 5) is 8.16. The average molecular weight is 260 g/mol. The molecule has 1 N–H and O–H groups in total. The molecule has 0 bridgehead atoms. The molecule has 0 aliphatic rings. The number of thioether (sulfide) groups is 1. The molecule has 7 heteroatoms. The molecule has 2 aromatic rings. The first-order valence-corrected chi connectivity index (χ1v) is 6.47. The van der Waals surface area contributed by atoms with E-state index >= 15 is 0 Å². The number of nitrogens with one attached hydrogen (secondary N) is 1. The molecule has 2 heterocycles. The maximum atomic E-state index is 9.13. The van der Waals surface area contributed by atoms with Crippen molar-refractivity contribution in [3.63, 3.8) is 0 Å². The van der Waals surface area contributed by atoms with Crippen molar-refractivity contribution in [1.29, 1.82) is 5.26 Å². The molecular weight excluding hydrogens is 248 g/mol. The summed E-state index contributed by atoms with van der Waals surface area (Å²) in [5.74, 6) is 0.556. The summed E-state index contributed by atoms with van der Waals surface area (Å²) in [6, 6.07) is 2.13. The van der Waals surface area contributed by atoms with Gasteiger partial charge in [0.15, 0.2) is 0 Å². The van der Waals surface area contributed by atoms with Gasteiger partial charge in [0.1, 0.15) is 28.8 Å². The van der Waals surface area contributed by atoms with Crippen molar-refractivity contribution in [2.75, 3.05) is 11.6 Å². The van der Waals surface area contributed by atoms with Gasteiger partial charge in [-0.05, 0) is 6.26 Å². The van der Waals surface area contributed by atoms with Crippen LogP contribution in [-0.4, -0.2) is 26.0 Å². The molecule has 0 aromatic carbocycles. The SMILES string of the molecule is CSc1ncnc(NCc2cnn(C)c2)c1C#N. The summed E-state index contributed by atoms with van der Waals surface area (Å²) >= 11 is 1.43. The van der Waals surface area contributed by atoms with Crippen molar-refractivity contribution in [3.8, 4) is 6.07 Å². The number of rotatable bonds is 4. The molecule has 0 unspecified atom stereocenters. The van der Waals surface area contributed by atoms with Gasteiger partial charge in [0.2, 0.25) is 0 Å². The van der Waals surface area contributed by atoms with Crippen LogP contribution in [0.2, 0.25) is 0 Å². The van der Waals surface area contributed by atoms with Gasteiger partial charge in [0.05, 0.1) is 6.20 Å². The van der Waals surface area contributed by atoms with E-state index in [2.05, 4.69) is 26.5 Å². The summed E-state index contributed by atoms with van der Waals surface area (Å²) in [7, 11) is 1.86. The van der Waals surface area contributed by atoms with Crippen LogP contribution in [0.25, 0.3) is 0 Å². The van der Waals surface area contributed by atoms with Gasteiger partial charge in [-0.3, -0.25) is 4.68 Å². The molecule has 0 spiro atoms. The van der Waals surface area contributed by atoms with E-state index in [0.29, 0.717) is 23.0 Å². The van der Waals surface area contributed by atoms with E-state index in [4.69, 9.17) is 5.26 Å². The minimum absolute atomic E-state index is 0.480. The molecule has 2 rings (SSSR count). The van der Waals surface area contributed by atoms with Crippen LogP contribution in [0, 0.1) is 11.3 Å². The minimum Gasteiger partial charge on any atom is -0.365 e. The predicted molar refractivity (Wildman–Crippen MR) is 69.1 cm³/mol. The molecule has 0 saturated heterocycles. The minimum atomic E-state index is 0.480. The highest BCUT2D eigenvalue weighted by molar-refractivity contribution is 7.98. The lowest BCUT2D eigenvalue weighted by Gasteiger charge is -2.07. The van der Waals surface area contributed by atoms with Gasteiger partial charge >= 0.3 is 0 Å². The van der Waals surface area contributed by atoms with Crippen molar-refractivity contribution in [1.82, 2.24) is 19.7 Å². The van der Waals surface area contributed by atoms with Crippen LogP contribution in [0.15, 0.2) is 23.7 Å². The number of hydrogen-bond acceptors (Lipinski definition) is 6. The van der Waals surface area contributed by atoms with Gasteiger partial charge in [0, 0.05) is 25.4 Å². The third-order valence-corrected chi connectivity index (χ3v) is 3.03. The Morgan fingerprint density at radius 3 is 2.94 bits per heavy atom. The van der Waals surface area contributed by atoms with Crippen LogP contribution in [0.5, 0.6) is 0 Å². The Bertz CT molecular complexity index is 585. The standard InChI is InChI=1S/C11H12N6S/c1-17-6-8(5-16-17)4-13-10-9(3-12)11(18-2)15-7-14-10/h5-7H,4H2,1-2H3,(H,13,14,15). The van der Waals surface area contributed by atoms with E-state index in [0.717, 1.165) is 5.56 Å². The molecule has 2 aromatic heterocycles. The van der Waals surface area contributed by atoms with Crippen LogP contribution in [0.3, 0.4) is 0 Å². The first kappa shape index (κ1) is 12.4. The lowest BCUT2D eigenvalue weighted by Crippen LogP contribution is -2.04. The second kappa shape index (κ2) is 5.51. The maximum absolute atomic E-state index is 9.13. The van der Waals surface area contributed by atoms with Gasteiger partial charge < -0.3 is 5.32 Å². The van der Waals surface area contributed by atoms with Crippen LogP contribution < -0.4 is 5.32 Å². The first-order chi connectivity index (χ1) is 8.74. The summed E-state index contributed by atoms with van der Waals surface area (Å²) < 4.78 is 1.73. The van der Waals surface area contributed by atoms with E-state index in [-0.39, 0.29) is 0 Å². The highest BCUT2D eigenvalue weighted by atomic mass is 32.2. The van der Waals surface area contributed by atoms with Gasteiger partial charge in [-0.2, -0.15) is 10.4 Å². The third-order valence-electron chi connectivity index (χ3n) is 2.34. The Morgan fingerprint density at radius 1 is 1.50 bits per heavy atom. The predicted octanol–water partition coefficient (Wildman–Crippen LogP) is 1.42. The molecule has 0 atom stereocenters. The van der Waals surface area contributed by atoms with Crippen LogP contribution in [-0.2, 0) is 13.6 Å². The maximum Gasteiger partial charge on any atom is 0.148 e. The lowest BCUT2D eigenvalue weighted by molar-refractivity contribution is 0.767. The van der Waals surface area contributed by atoms with Gasteiger partial charge in [-0.15, -0.1) is 11.8 Å². The fourth-order valence-electron chi connectivity index (χ4n) is 1.51. The Kier molecular flexibility index (Phi) is 3.79. The highest BCUT2D eigenvalue weighted by Gasteiger charge is 2.10. The summed E-state index contributed by atoms with van der Waals surface area (Å²) in [5, 5.41) is 17.0. The van der Waals surface area contributed by atoms with E-state index in [1.165, 1.54) is 18.1 Å². The molecular formula is C11H12N6S. The number of anilines is 1. The van der Waals surface area contributed by atoms with Gasteiger partial charge in [-0.1, -0.05) is 0 Å². The van der Waals surface area contributed by atoms with Crippen molar-refractivity contribution in [3.05, 3.63) is 29.8 Å². The van der Waals surface area contributed by atoms with Crippen molar-refractivity contribution in [2.24, 2.45) is 7.05 Å². The zero-order chi connectivity index (χ0) is 13.0. The van der Waals surface area contributed by atoms with Crippen molar-refractivity contribution in [2.45, 2.75) is 11.6 Å². The first-order valence-electron chi connectivity index (χ1n) is 5.25. The smallest absolute Gasteiger partial charge is 0.148 e. The molecule has 0 aliphatic heterocycles. The number of nitriles is 1. The molecule has 6 nitrogen and oxygen atoms in total.